The lowest BCUT2D eigenvalue weighted by Gasteiger charge is -2.42. The minimum Gasteiger partial charge on any atom is -0.481 e. The molecule has 18 heavy (non-hydrogen) atoms. The molecule has 1 saturated heterocycles. The van der Waals surface area contributed by atoms with Crippen molar-refractivity contribution in [3.63, 3.8) is 0 Å². The third-order valence-electron chi connectivity index (χ3n) is 4.59. The Labute approximate surface area is 109 Å². The monoisotopic (exact) mass is 255 g/mol. The lowest BCUT2D eigenvalue weighted by molar-refractivity contribution is -0.154. The molecular weight excluding hydrogens is 230 g/mol. The van der Waals surface area contributed by atoms with E-state index in [4.69, 9.17) is 4.74 Å². The maximum absolute atomic E-state index is 11.7. The first-order valence-corrected chi connectivity index (χ1v) is 7.23. The van der Waals surface area contributed by atoms with Crippen LogP contribution in [-0.2, 0) is 9.53 Å². The zero-order valence-electron chi connectivity index (χ0n) is 11.4. The first kappa shape index (κ1) is 13.8. The lowest BCUT2D eigenvalue weighted by atomic mass is 9.73. The van der Waals surface area contributed by atoms with Crippen molar-refractivity contribution in [3.05, 3.63) is 0 Å². The maximum atomic E-state index is 11.7. The summed E-state index contributed by atoms with van der Waals surface area (Å²) in [5, 5.41) is 9.62. The molecule has 1 aliphatic heterocycles. The van der Waals surface area contributed by atoms with Crippen LogP contribution in [0.4, 0.5) is 0 Å². The topological polar surface area (TPSA) is 49.8 Å². The van der Waals surface area contributed by atoms with Crippen LogP contribution in [0.1, 0.15) is 45.4 Å². The van der Waals surface area contributed by atoms with Crippen LogP contribution in [0.3, 0.4) is 0 Å². The van der Waals surface area contributed by atoms with Crippen LogP contribution in [-0.4, -0.2) is 48.3 Å². The Morgan fingerprint density at radius 1 is 1.39 bits per heavy atom. The van der Waals surface area contributed by atoms with Gasteiger partial charge in [-0.1, -0.05) is 26.2 Å². The van der Waals surface area contributed by atoms with Crippen molar-refractivity contribution in [2.75, 3.05) is 26.3 Å². The Hall–Kier alpha value is -0.610. The van der Waals surface area contributed by atoms with E-state index in [-0.39, 0.29) is 0 Å². The van der Waals surface area contributed by atoms with Crippen LogP contribution in [0.15, 0.2) is 0 Å². The van der Waals surface area contributed by atoms with Crippen LogP contribution in [0, 0.1) is 5.41 Å². The van der Waals surface area contributed by atoms with Crippen molar-refractivity contribution in [2.24, 2.45) is 5.41 Å². The van der Waals surface area contributed by atoms with Crippen LogP contribution >= 0.6 is 0 Å². The Kier molecular flexibility index (Phi) is 4.62. The van der Waals surface area contributed by atoms with E-state index in [1.807, 2.05) is 0 Å². The number of carbonyl (C=O) groups is 1. The van der Waals surface area contributed by atoms with Gasteiger partial charge >= 0.3 is 5.97 Å². The molecule has 1 saturated carbocycles. The van der Waals surface area contributed by atoms with Gasteiger partial charge in [-0.2, -0.15) is 0 Å². The molecule has 4 heteroatoms. The van der Waals surface area contributed by atoms with E-state index in [1.54, 1.807) is 0 Å². The van der Waals surface area contributed by atoms with Gasteiger partial charge in [-0.3, -0.25) is 9.69 Å². The van der Waals surface area contributed by atoms with Gasteiger partial charge in [-0.15, -0.1) is 0 Å². The second-order valence-corrected chi connectivity index (χ2v) is 5.75. The summed E-state index contributed by atoms with van der Waals surface area (Å²) in [5.41, 5.74) is -0.497. The van der Waals surface area contributed by atoms with Crippen molar-refractivity contribution in [2.45, 2.75) is 51.5 Å². The molecule has 0 radical (unpaired) electrons. The fraction of sp³-hybridized carbons (Fsp3) is 0.929. The molecule has 0 aromatic rings. The molecule has 0 aromatic carbocycles. The summed E-state index contributed by atoms with van der Waals surface area (Å²) in [5.74, 6) is -0.594. The molecule has 0 amide bonds. The number of rotatable bonds is 4. The third kappa shape index (κ3) is 2.86. The number of hydrogen-bond donors (Lipinski definition) is 1. The SMILES string of the molecule is CCC1COCCN1CC1(C(=O)O)CCCCC1. The number of ether oxygens (including phenoxy) is 1. The van der Waals surface area contributed by atoms with Gasteiger partial charge in [0.15, 0.2) is 0 Å². The summed E-state index contributed by atoms with van der Waals surface area (Å²) in [4.78, 5) is 14.0. The molecule has 0 spiro atoms. The summed E-state index contributed by atoms with van der Waals surface area (Å²) in [7, 11) is 0. The Balaban J connectivity index is 2.05. The van der Waals surface area contributed by atoms with Crippen molar-refractivity contribution >= 4 is 5.97 Å². The summed E-state index contributed by atoms with van der Waals surface area (Å²) < 4.78 is 5.50. The molecule has 2 aliphatic rings. The van der Waals surface area contributed by atoms with Crippen molar-refractivity contribution < 1.29 is 14.6 Å². The van der Waals surface area contributed by atoms with E-state index in [1.165, 1.54) is 6.42 Å². The van der Waals surface area contributed by atoms with E-state index >= 15 is 0 Å². The predicted octanol–water partition coefficient (Wildman–Crippen LogP) is 2.13. The van der Waals surface area contributed by atoms with Gasteiger partial charge in [0.05, 0.1) is 18.6 Å². The zero-order chi connectivity index (χ0) is 13.0. The first-order chi connectivity index (χ1) is 8.68. The number of nitrogens with zero attached hydrogens (tertiary/aromatic N) is 1. The van der Waals surface area contributed by atoms with Gasteiger partial charge in [0.2, 0.25) is 0 Å². The third-order valence-corrected chi connectivity index (χ3v) is 4.59. The van der Waals surface area contributed by atoms with Crippen molar-refractivity contribution in [1.82, 2.24) is 4.90 Å². The number of hydrogen-bond acceptors (Lipinski definition) is 3. The summed E-state index contributed by atoms with van der Waals surface area (Å²) in [6, 6.07) is 0.400. The van der Waals surface area contributed by atoms with Gasteiger partial charge in [0, 0.05) is 19.1 Å². The fourth-order valence-electron chi connectivity index (χ4n) is 3.33. The van der Waals surface area contributed by atoms with Crippen molar-refractivity contribution in [1.29, 1.82) is 0 Å². The minimum atomic E-state index is -0.594. The standard InChI is InChI=1S/C14H25NO3/c1-2-12-10-18-9-8-15(12)11-14(13(16)17)6-4-3-5-7-14/h12H,2-11H2,1H3,(H,16,17). The molecule has 104 valence electrons. The van der Waals surface area contributed by atoms with E-state index < -0.39 is 11.4 Å². The molecule has 4 nitrogen and oxygen atoms in total. The van der Waals surface area contributed by atoms with Crippen LogP contribution < -0.4 is 0 Å². The van der Waals surface area contributed by atoms with E-state index in [2.05, 4.69) is 11.8 Å². The highest BCUT2D eigenvalue weighted by Gasteiger charge is 2.42. The predicted molar refractivity (Wildman–Crippen MR) is 69.6 cm³/mol. The van der Waals surface area contributed by atoms with E-state index in [0.717, 1.165) is 51.9 Å². The average Bonchev–Trinajstić information content (AvgIpc) is 2.40. The summed E-state index contributed by atoms with van der Waals surface area (Å²) in [6.07, 6.45) is 6.04. The van der Waals surface area contributed by atoms with Gasteiger partial charge < -0.3 is 9.84 Å². The normalized spacial score (nSPS) is 29.1. The zero-order valence-corrected chi connectivity index (χ0v) is 11.4. The van der Waals surface area contributed by atoms with Gasteiger partial charge in [-0.25, -0.2) is 0 Å². The second kappa shape index (κ2) is 6.02. The minimum absolute atomic E-state index is 0.400. The van der Waals surface area contributed by atoms with E-state index in [0.29, 0.717) is 12.6 Å². The Bertz CT molecular complexity index is 287. The van der Waals surface area contributed by atoms with Gasteiger partial charge in [0.25, 0.3) is 0 Å². The number of aliphatic carboxylic acids is 1. The largest absolute Gasteiger partial charge is 0.481 e. The highest BCUT2D eigenvalue weighted by molar-refractivity contribution is 5.75. The quantitative estimate of drug-likeness (QED) is 0.836. The second-order valence-electron chi connectivity index (χ2n) is 5.75. The molecule has 0 aromatic heterocycles. The molecule has 1 N–H and O–H groups in total. The smallest absolute Gasteiger partial charge is 0.310 e. The molecule has 1 atom stereocenters. The number of carboxylic acids is 1. The summed E-state index contributed by atoms with van der Waals surface area (Å²) >= 11 is 0. The molecule has 1 unspecified atom stereocenters. The van der Waals surface area contributed by atoms with Crippen molar-refractivity contribution in [3.8, 4) is 0 Å². The molecular formula is C14H25NO3. The molecule has 0 bridgehead atoms. The van der Waals surface area contributed by atoms with Gasteiger partial charge in [-0.05, 0) is 19.3 Å². The molecule has 1 heterocycles. The molecule has 1 aliphatic carbocycles. The summed E-state index contributed by atoms with van der Waals surface area (Å²) in [6.45, 7) is 5.25. The average molecular weight is 255 g/mol. The van der Waals surface area contributed by atoms with Crippen LogP contribution in [0.5, 0.6) is 0 Å². The fourth-order valence-corrected chi connectivity index (χ4v) is 3.33. The lowest BCUT2D eigenvalue weighted by Crippen LogP contribution is -2.52. The maximum Gasteiger partial charge on any atom is 0.310 e. The Morgan fingerprint density at radius 3 is 2.72 bits per heavy atom. The van der Waals surface area contributed by atoms with Crippen LogP contribution in [0.2, 0.25) is 0 Å². The van der Waals surface area contributed by atoms with Gasteiger partial charge in [0.1, 0.15) is 0 Å². The number of carboxylic acid groups (broad SMARTS) is 1. The van der Waals surface area contributed by atoms with E-state index in [9.17, 15) is 9.90 Å². The Morgan fingerprint density at radius 2 is 2.11 bits per heavy atom. The molecule has 2 rings (SSSR count). The highest BCUT2D eigenvalue weighted by Crippen LogP contribution is 2.38. The first-order valence-electron chi connectivity index (χ1n) is 7.23. The number of morpholine rings is 1. The molecule has 2 fully saturated rings. The van der Waals surface area contributed by atoms with Crippen LogP contribution in [0.25, 0.3) is 0 Å². The highest BCUT2D eigenvalue weighted by atomic mass is 16.5.